The fourth-order valence-corrected chi connectivity index (χ4v) is 4.47. The molecule has 1 fully saturated rings. The van der Waals surface area contributed by atoms with Gasteiger partial charge in [0.15, 0.2) is 0 Å². The second-order valence-electron chi connectivity index (χ2n) is 7.18. The number of ether oxygens (including phenoxy) is 1. The standard InChI is InChI=1S/C17H27BrN2O2S/c1-11-14(18)8-13(23-11)10-19-15-7-5-6-12(15)9-20-16(21)22-17(2,3)4/h8,12,15,19H,5-7,9-10H2,1-4H3,(H,20,21). The molecule has 1 saturated carbocycles. The summed E-state index contributed by atoms with van der Waals surface area (Å²) in [6.45, 7) is 9.35. The Balaban J connectivity index is 1.77. The Morgan fingerprint density at radius 3 is 2.78 bits per heavy atom. The van der Waals surface area contributed by atoms with E-state index in [0.29, 0.717) is 18.5 Å². The molecule has 1 aromatic rings. The highest BCUT2D eigenvalue weighted by Gasteiger charge is 2.28. The van der Waals surface area contributed by atoms with Crippen molar-refractivity contribution in [2.24, 2.45) is 5.92 Å². The molecule has 6 heteroatoms. The van der Waals surface area contributed by atoms with Crippen molar-refractivity contribution in [1.82, 2.24) is 10.6 Å². The predicted molar refractivity (Wildman–Crippen MR) is 99.0 cm³/mol. The first kappa shape index (κ1) is 18.7. The minimum absolute atomic E-state index is 0.319. The average molecular weight is 403 g/mol. The highest BCUT2D eigenvalue weighted by Crippen LogP contribution is 2.28. The van der Waals surface area contributed by atoms with Crippen LogP contribution in [0.1, 0.15) is 49.8 Å². The summed E-state index contributed by atoms with van der Waals surface area (Å²) in [5.74, 6) is 0.479. The highest BCUT2D eigenvalue weighted by atomic mass is 79.9. The molecule has 0 aliphatic heterocycles. The maximum atomic E-state index is 11.8. The van der Waals surface area contributed by atoms with Crippen LogP contribution in [0.5, 0.6) is 0 Å². The minimum Gasteiger partial charge on any atom is -0.444 e. The van der Waals surface area contributed by atoms with Crippen molar-refractivity contribution < 1.29 is 9.53 Å². The molecule has 2 unspecified atom stereocenters. The van der Waals surface area contributed by atoms with Crippen molar-refractivity contribution in [2.45, 2.75) is 65.1 Å². The number of nitrogens with one attached hydrogen (secondary N) is 2. The average Bonchev–Trinajstić information content (AvgIpc) is 2.99. The molecule has 0 radical (unpaired) electrons. The van der Waals surface area contributed by atoms with E-state index in [9.17, 15) is 4.79 Å². The summed E-state index contributed by atoms with van der Waals surface area (Å²) in [5, 5.41) is 6.57. The molecule has 4 nitrogen and oxygen atoms in total. The fraction of sp³-hybridized carbons (Fsp3) is 0.706. The molecule has 1 aliphatic rings. The van der Waals surface area contributed by atoms with E-state index in [2.05, 4.69) is 39.6 Å². The lowest BCUT2D eigenvalue weighted by atomic mass is 10.0. The first-order valence-electron chi connectivity index (χ1n) is 8.19. The quantitative estimate of drug-likeness (QED) is 0.756. The number of halogens is 1. The molecule has 2 atom stereocenters. The Morgan fingerprint density at radius 1 is 1.43 bits per heavy atom. The molecular weight excluding hydrogens is 376 g/mol. The monoisotopic (exact) mass is 402 g/mol. The van der Waals surface area contributed by atoms with Crippen LogP contribution >= 0.6 is 27.3 Å². The number of carbonyl (C=O) groups is 1. The van der Waals surface area contributed by atoms with Gasteiger partial charge in [-0.3, -0.25) is 0 Å². The van der Waals surface area contributed by atoms with Crippen molar-refractivity contribution >= 4 is 33.4 Å². The van der Waals surface area contributed by atoms with Crippen LogP contribution in [-0.4, -0.2) is 24.3 Å². The molecule has 2 N–H and O–H groups in total. The molecule has 1 aromatic heterocycles. The number of aryl methyl sites for hydroxylation is 1. The molecule has 0 spiro atoms. The number of amides is 1. The summed E-state index contributed by atoms with van der Waals surface area (Å²) in [4.78, 5) is 14.4. The molecular formula is C17H27BrN2O2S. The molecule has 1 heterocycles. The van der Waals surface area contributed by atoms with Crippen molar-refractivity contribution in [3.63, 3.8) is 0 Å². The van der Waals surface area contributed by atoms with Crippen molar-refractivity contribution in [3.8, 4) is 0 Å². The molecule has 2 rings (SSSR count). The van der Waals surface area contributed by atoms with Gasteiger partial charge in [-0.1, -0.05) is 6.42 Å². The second kappa shape index (κ2) is 7.99. The van der Waals surface area contributed by atoms with Crippen LogP contribution in [0.2, 0.25) is 0 Å². The molecule has 23 heavy (non-hydrogen) atoms. The van der Waals surface area contributed by atoms with E-state index in [1.165, 1.54) is 27.1 Å². The van der Waals surface area contributed by atoms with E-state index >= 15 is 0 Å². The summed E-state index contributed by atoms with van der Waals surface area (Å²) in [6.07, 6.45) is 3.22. The molecule has 0 saturated heterocycles. The van der Waals surface area contributed by atoms with Crippen LogP contribution in [0.4, 0.5) is 4.79 Å². The van der Waals surface area contributed by atoms with Gasteiger partial charge in [-0.2, -0.15) is 0 Å². The number of hydrogen-bond donors (Lipinski definition) is 2. The number of carbonyl (C=O) groups excluding carboxylic acids is 1. The third-order valence-corrected chi connectivity index (χ3v) is 6.15. The maximum absolute atomic E-state index is 11.8. The van der Waals surface area contributed by atoms with Crippen molar-refractivity contribution in [3.05, 3.63) is 20.3 Å². The fourth-order valence-electron chi connectivity index (χ4n) is 2.92. The van der Waals surface area contributed by atoms with Gasteiger partial charge >= 0.3 is 6.09 Å². The Bertz CT molecular complexity index is 520. The van der Waals surface area contributed by atoms with Crippen molar-refractivity contribution in [2.75, 3.05) is 6.54 Å². The lowest BCUT2D eigenvalue weighted by Gasteiger charge is -2.23. The van der Waals surface area contributed by atoms with E-state index < -0.39 is 5.60 Å². The van der Waals surface area contributed by atoms with Crippen LogP contribution in [0, 0.1) is 12.8 Å². The van der Waals surface area contributed by atoms with Crippen LogP contribution in [0.3, 0.4) is 0 Å². The molecule has 1 aliphatic carbocycles. The molecule has 0 aromatic carbocycles. The van der Waals surface area contributed by atoms with E-state index in [0.717, 1.165) is 13.0 Å². The minimum atomic E-state index is -0.443. The summed E-state index contributed by atoms with van der Waals surface area (Å²) in [7, 11) is 0. The van der Waals surface area contributed by atoms with E-state index in [1.807, 2.05) is 32.1 Å². The lowest BCUT2D eigenvalue weighted by Crippen LogP contribution is -2.40. The number of alkyl carbamates (subject to hydrolysis) is 1. The number of rotatable bonds is 5. The topological polar surface area (TPSA) is 50.4 Å². The third-order valence-electron chi connectivity index (χ3n) is 4.01. The Kier molecular flexibility index (Phi) is 6.51. The van der Waals surface area contributed by atoms with Gasteiger partial charge in [-0.05, 0) is 68.5 Å². The number of hydrogen-bond acceptors (Lipinski definition) is 4. The third kappa shape index (κ3) is 6.08. The van der Waals surface area contributed by atoms with Crippen molar-refractivity contribution in [1.29, 1.82) is 0 Å². The lowest BCUT2D eigenvalue weighted by molar-refractivity contribution is 0.0517. The highest BCUT2D eigenvalue weighted by molar-refractivity contribution is 9.10. The predicted octanol–water partition coefficient (Wildman–Crippen LogP) is 4.60. The largest absolute Gasteiger partial charge is 0.444 e. The maximum Gasteiger partial charge on any atom is 0.407 e. The smallest absolute Gasteiger partial charge is 0.407 e. The summed E-state index contributed by atoms with van der Waals surface area (Å²) in [6, 6.07) is 2.65. The Labute approximate surface area is 151 Å². The summed E-state index contributed by atoms with van der Waals surface area (Å²) < 4.78 is 6.49. The zero-order chi connectivity index (χ0) is 17.0. The van der Waals surface area contributed by atoms with E-state index in [4.69, 9.17) is 4.74 Å². The zero-order valence-electron chi connectivity index (χ0n) is 14.4. The Morgan fingerprint density at radius 2 is 2.17 bits per heavy atom. The number of thiophene rings is 1. The van der Waals surface area contributed by atoms with Crippen LogP contribution in [0.25, 0.3) is 0 Å². The SMILES string of the molecule is Cc1sc(CNC2CCCC2CNC(=O)OC(C)(C)C)cc1Br. The van der Waals surface area contributed by atoms with Gasteiger partial charge in [0.25, 0.3) is 0 Å². The molecule has 130 valence electrons. The first-order valence-corrected chi connectivity index (χ1v) is 9.80. The summed E-state index contributed by atoms with van der Waals surface area (Å²) in [5.41, 5.74) is -0.443. The van der Waals surface area contributed by atoms with Gasteiger partial charge in [0.1, 0.15) is 5.60 Å². The molecule has 0 bridgehead atoms. The van der Waals surface area contributed by atoms with Gasteiger partial charge in [0, 0.05) is 33.4 Å². The van der Waals surface area contributed by atoms with Crippen LogP contribution in [-0.2, 0) is 11.3 Å². The van der Waals surface area contributed by atoms with Gasteiger partial charge in [0.2, 0.25) is 0 Å². The molecule has 1 amide bonds. The van der Waals surface area contributed by atoms with Crippen LogP contribution in [0.15, 0.2) is 10.5 Å². The normalized spacial score (nSPS) is 21.4. The van der Waals surface area contributed by atoms with Gasteiger partial charge < -0.3 is 15.4 Å². The van der Waals surface area contributed by atoms with E-state index in [1.54, 1.807) is 0 Å². The Hall–Kier alpha value is -0.590. The zero-order valence-corrected chi connectivity index (χ0v) is 16.8. The van der Waals surface area contributed by atoms with E-state index in [-0.39, 0.29) is 6.09 Å². The van der Waals surface area contributed by atoms with Gasteiger partial charge in [-0.25, -0.2) is 4.79 Å². The first-order chi connectivity index (χ1) is 10.7. The van der Waals surface area contributed by atoms with Gasteiger partial charge in [0.05, 0.1) is 0 Å². The van der Waals surface area contributed by atoms with Gasteiger partial charge in [-0.15, -0.1) is 11.3 Å². The summed E-state index contributed by atoms with van der Waals surface area (Å²) >= 11 is 5.39. The second-order valence-corrected chi connectivity index (χ2v) is 9.37. The van der Waals surface area contributed by atoms with Crippen LogP contribution < -0.4 is 10.6 Å².